The first-order valence-electron chi connectivity index (χ1n) is 8.31. The Balaban J connectivity index is 1.31. The van der Waals surface area contributed by atoms with E-state index < -0.39 is 0 Å². The molecule has 0 amide bonds. The van der Waals surface area contributed by atoms with Crippen LogP contribution in [-0.2, 0) is 6.54 Å². The molecule has 24 heavy (non-hydrogen) atoms. The highest BCUT2D eigenvalue weighted by Crippen LogP contribution is 2.20. The monoisotopic (exact) mass is 341 g/mol. The summed E-state index contributed by atoms with van der Waals surface area (Å²) in [5, 5.41) is 9.84. The van der Waals surface area contributed by atoms with Crippen LogP contribution in [0.25, 0.3) is 11.0 Å². The lowest BCUT2D eigenvalue weighted by atomic mass is 10.2. The van der Waals surface area contributed by atoms with E-state index in [1.165, 1.54) is 5.69 Å². The van der Waals surface area contributed by atoms with Crippen LogP contribution in [0.3, 0.4) is 0 Å². The smallest absolute Gasteiger partial charge is 0.113 e. The molecule has 2 aromatic carbocycles. The van der Waals surface area contributed by atoms with Crippen molar-refractivity contribution in [3.63, 3.8) is 0 Å². The predicted octanol–water partition coefficient (Wildman–Crippen LogP) is 2.91. The molecule has 4 rings (SSSR count). The molecule has 1 aliphatic rings. The zero-order chi connectivity index (χ0) is 16.4. The predicted molar refractivity (Wildman–Crippen MR) is 97.6 cm³/mol. The summed E-state index contributed by atoms with van der Waals surface area (Å²) in [4.78, 5) is 6.67. The Labute approximate surface area is 146 Å². The van der Waals surface area contributed by atoms with Gasteiger partial charge in [-0.05, 0) is 30.3 Å². The largest absolute Gasteiger partial charge is 0.369 e. The number of hydrogen-bond acceptors (Lipinski definition) is 4. The van der Waals surface area contributed by atoms with Gasteiger partial charge in [0, 0.05) is 43.4 Å². The Hall–Kier alpha value is -2.11. The normalized spacial score (nSPS) is 16.0. The van der Waals surface area contributed by atoms with Crippen molar-refractivity contribution >= 4 is 28.3 Å². The van der Waals surface area contributed by atoms with Crippen molar-refractivity contribution in [2.75, 3.05) is 37.6 Å². The molecule has 1 saturated heterocycles. The average molecular weight is 342 g/mol. The molecule has 2 heterocycles. The van der Waals surface area contributed by atoms with E-state index in [1.54, 1.807) is 0 Å². The average Bonchev–Trinajstić information content (AvgIpc) is 3.03. The zero-order valence-electron chi connectivity index (χ0n) is 13.5. The fourth-order valence-corrected chi connectivity index (χ4v) is 3.32. The van der Waals surface area contributed by atoms with Crippen molar-refractivity contribution in [1.29, 1.82) is 0 Å². The van der Waals surface area contributed by atoms with E-state index in [4.69, 9.17) is 11.6 Å². The van der Waals surface area contributed by atoms with Gasteiger partial charge in [0.05, 0.1) is 6.54 Å². The maximum absolute atomic E-state index is 6.09. The van der Waals surface area contributed by atoms with Crippen molar-refractivity contribution in [3.8, 4) is 0 Å². The van der Waals surface area contributed by atoms with Gasteiger partial charge in [0.15, 0.2) is 0 Å². The maximum Gasteiger partial charge on any atom is 0.113 e. The van der Waals surface area contributed by atoms with Gasteiger partial charge >= 0.3 is 0 Å². The van der Waals surface area contributed by atoms with Crippen LogP contribution in [0, 0.1) is 0 Å². The first-order chi connectivity index (χ1) is 11.8. The summed E-state index contributed by atoms with van der Waals surface area (Å²) < 4.78 is 0. The summed E-state index contributed by atoms with van der Waals surface area (Å²) >= 11 is 6.09. The van der Waals surface area contributed by atoms with Crippen LogP contribution in [0.5, 0.6) is 0 Å². The summed E-state index contributed by atoms with van der Waals surface area (Å²) in [7, 11) is 0. The quantitative estimate of drug-likeness (QED) is 0.731. The van der Waals surface area contributed by atoms with Gasteiger partial charge < -0.3 is 4.90 Å². The minimum Gasteiger partial charge on any atom is -0.369 e. The number of piperazine rings is 1. The van der Waals surface area contributed by atoms with Gasteiger partial charge in [0.2, 0.25) is 0 Å². The van der Waals surface area contributed by atoms with Crippen LogP contribution in [-0.4, -0.2) is 52.6 Å². The first-order valence-corrected chi connectivity index (χ1v) is 8.68. The lowest BCUT2D eigenvalue weighted by Gasteiger charge is -2.36. The third kappa shape index (κ3) is 3.37. The van der Waals surface area contributed by atoms with Gasteiger partial charge in [-0.2, -0.15) is 15.0 Å². The summed E-state index contributed by atoms with van der Waals surface area (Å²) in [5.74, 6) is 0. The van der Waals surface area contributed by atoms with E-state index in [1.807, 2.05) is 47.3 Å². The molecular weight excluding hydrogens is 322 g/mol. The zero-order valence-corrected chi connectivity index (χ0v) is 14.2. The fraction of sp³-hybridized carbons (Fsp3) is 0.333. The van der Waals surface area contributed by atoms with E-state index in [9.17, 15) is 0 Å². The molecule has 0 atom stereocenters. The number of halogens is 1. The lowest BCUT2D eigenvalue weighted by Crippen LogP contribution is -2.47. The van der Waals surface area contributed by atoms with Gasteiger partial charge in [0.25, 0.3) is 0 Å². The Morgan fingerprint density at radius 1 is 0.833 bits per heavy atom. The maximum atomic E-state index is 6.09. The second kappa shape index (κ2) is 6.79. The van der Waals surface area contributed by atoms with E-state index in [0.717, 1.165) is 55.3 Å². The number of nitrogens with zero attached hydrogens (tertiary/aromatic N) is 5. The molecular formula is C18H20ClN5. The Morgan fingerprint density at radius 2 is 1.54 bits per heavy atom. The minimum atomic E-state index is 0.798. The molecule has 0 saturated carbocycles. The van der Waals surface area contributed by atoms with Crippen molar-refractivity contribution in [2.45, 2.75) is 6.54 Å². The van der Waals surface area contributed by atoms with E-state index in [2.05, 4.69) is 26.1 Å². The van der Waals surface area contributed by atoms with Gasteiger partial charge in [-0.15, -0.1) is 0 Å². The topological polar surface area (TPSA) is 37.2 Å². The Bertz CT molecular complexity index is 790. The van der Waals surface area contributed by atoms with Gasteiger partial charge in [-0.25, -0.2) is 0 Å². The van der Waals surface area contributed by atoms with Crippen LogP contribution in [0.1, 0.15) is 0 Å². The molecule has 3 aromatic rings. The molecule has 0 radical (unpaired) electrons. The highest BCUT2D eigenvalue weighted by Gasteiger charge is 2.17. The second-order valence-electron chi connectivity index (χ2n) is 6.09. The van der Waals surface area contributed by atoms with Crippen LogP contribution in [0.4, 0.5) is 5.69 Å². The van der Waals surface area contributed by atoms with E-state index in [0.29, 0.717) is 0 Å². The number of hydrogen-bond donors (Lipinski definition) is 0. The van der Waals surface area contributed by atoms with Crippen molar-refractivity contribution < 1.29 is 0 Å². The van der Waals surface area contributed by atoms with Crippen molar-refractivity contribution in [2.24, 2.45) is 0 Å². The van der Waals surface area contributed by atoms with E-state index in [-0.39, 0.29) is 0 Å². The number of aromatic nitrogens is 3. The molecule has 0 N–H and O–H groups in total. The molecule has 1 fully saturated rings. The molecule has 1 aromatic heterocycles. The molecule has 0 aliphatic carbocycles. The Morgan fingerprint density at radius 3 is 2.21 bits per heavy atom. The molecule has 5 nitrogen and oxygen atoms in total. The first kappa shape index (κ1) is 15.4. The van der Waals surface area contributed by atoms with Crippen molar-refractivity contribution in [1.82, 2.24) is 19.9 Å². The lowest BCUT2D eigenvalue weighted by molar-refractivity contribution is 0.240. The Kier molecular flexibility index (Phi) is 4.36. The van der Waals surface area contributed by atoms with Crippen LogP contribution in [0.2, 0.25) is 5.02 Å². The summed E-state index contributed by atoms with van der Waals surface area (Å²) in [6.45, 7) is 5.94. The molecule has 0 unspecified atom stereocenters. The van der Waals surface area contributed by atoms with Gasteiger partial charge in [-0.3, -0.25) is 4.90 Å². The standard InChI is InChI=1S/C18H20ClN5/c19-15-4-3-5-16(14-15)23-11-8-22(9-12-23)10-13-24-20-17-6-1-2-7-18(17)21-24/h1-7,14H,8-13H2. The number of benzene rings is 2. The SMILES string of the molecule is Clc1cccc(N2CCN(CCn3nc4ccccc4n3)CC2)c1. The molecule has 0 spiro atoms. The van der Waals surface area contributed by atoms with Crippen LogP contribution >= 0.6 is 11.6 Å². The molecule has 1 aliphatic heterocycles. The highest BCUT2D eigenvalue weighted by atomic mass is 35.5. The third-order valence-corrected chi connectivity index (χ3v) is 4.73. The van der Waals surface area contributed by atoms with Gasteiger partial charge in [-0.1, -0.05) is 29.8 Å². The molecule has 0 bridgehead atoms. The second-order valence-corrected chi connectivity index (χ2v) is 6.53. The fourth-order valence-electron chi connectivity index (χ4n) is 3.14. The summed E-state index contributed by atoms with van der Waals surface area (Å²) in [5.41, 5.74) is 3.13. The number of anilines is 1. The third-order valence-electron chi connectivity index (χ3n) is 4.49. The summed E-state index contributed by atoms with van der Waals surface area (Å²) in [6, 6.07) is 16.1. The number of rotatable bonds is 4. The van der Waals surface area contributed by atoms with E-state index >= 15 is 0 Å². The number of fused-ring (bicyclic) bond motifs is 1. The van der Waals surface area contributed by atoms with Crippen molar-refractivity contribution in [3.05, 3.63) is 53.6 Å². The molecule has 6 heteroatoms. The van der Waals surface area contributed by atoms with Crippen LogP contribution in [0.15, 0.2) is 48.5 Å². The van der Waals surface area contributed by atoms with Crippen LogP contribution < -0.4 is 4.90 Å². The molecule has 124 valence electrons. The van der Waals surface area contributed by atoms with Gasteiger partial charge in [0.1, 0.15) is 11.0 Å². The summed E-state index contributed by atoms with van der Waals surface area (Å²) in [6.07, 6.45) is 0. The minimum absolute atomic E-state index is 0.798. The highest BCUT2D eigenvalue weighted by molar-refractivity contribution is 6.30.